The van der Waals surface area contributed by atoms with Gasteiger partial charge in [-0.05, 0) is 38.4 Å². The van der Waals surface area contributed by atoms with E-state index in [1.54, 1.807) is 0 Å². The first-order valence-corrected chi connectivity index (χ1v) is 10.0. The number of amides is 1. The predicted octanol–water partition coefficient (Wildman–Crippen LogP) is 2.93. The van der Waals surface area contributed by atoms with E-state index in [1.165, 1.54) is 11.1 Å². The van der Waals surface area contributed by atoms with Crippen molar-refractivity contribution in [2.75, 3.05) is 26.7 Å². The summed E-state index contributed by atoms with van der Waals surface area (Å²) in [6, 6.07) is 12.8. The van der Waals surface area contributed by atoms with E-state index in [0.717, 1.165) is 42.7 Å². The van der Waals surface area contributed by atoms with Gasteiger partial charge in [-0.1, -0.05) is 41.1 Å². The van der Waals surface area contributed by atoms with Gasteiger partial charge in [-0.3, -0.25) is 9.69 Å². The molecule has 0 radical (unpaired) electrons. The van der Waals surface area contributed by atoms with Gasteiger partial charge in [0.15, 0.2) is 0 Å². The number of piperazine rings is 1. The zero-order valence-electron chi connectivity index (χ0n) is 16.4. The predicted molar refractivity (Wildman–Crippen MR) is 108 cm³/mol. The van der Waals surface area contributed by atoms with Gasteiger partial charge in [0.2, 0.25) is 5.91 Å². The molecule has 2 fully saturated rings. The van der Waals surface area contributed by atoms with Gasteiger partial charge in [-0.15, -0.1) is 5.10 Å². The Bertz CT molecular complexity index is 1020. The Morgan fingerprint density at radius 1 is 1.04 bits per heavy atom. The quantitative estimate of drug-likeness (QED) is 0.706. The minimum Gasteiger partial charge on any atom is -0.339 e. The second kappa shape index (κ2) is 6.71. The molecule has 3 aromatic rings. The Kier molecular flexibility index (Phi) is 4.16. The molecule has 1 aliphatic heterocycles. The van der Waals surface area contributed by atoms with Gasteiger partial charge in [-0.2, -0.15) is 0 Å². The fourth-order valence-corrected chi connectivity index (χ4v) is 4.03. The van der Waals surface area contributed by atoms with Crippen LogP contribution in [0.3, 0.4) is 0 Å². The summed E-state index contributed by atoms with van der Waals surface area (Å²) in [6.45, 7) is 4.46. The molecule has 1 atom stereocenters. The van der Waals surface area contributed by atoms with Crippen LogP contribution in [0.25, 0.3) is 16.6 Å². The lowest BCUT2D eigenvalue weighted by Gasteiger charge is -2.38. The van der Waals surface area contributed by atoms with Gasteiger partial charge in [-0.25, -0.2) is 4.52 Å². The Balaban J connectivity index is 1.45. The summed E-state index contributed by atoms with van der Waals surface area (Å²) in [5.74, 6) is 0.578. The summed E-state index contributed by atoms with van der Waals surface area (Å²) in [6.07, 6.45) is 4.13. The number of carbonyl (C=O) groups excluding carboxylic acids is 1. The molecule has 1 amide bonds. The fourth-order valence-electron chi connectivity index (χ4n) is 4.03. The van der Waals surface area contributed by atoms with E-state index in [9.17, 15) is 4.79 Å². The highest BCUT2D eigenvalue weighted by Gasteiger charge is 2.37. The molecular formula is C22H25N5O. The number of carbonyl (C=O) groups is 1. The second-order valence-electron chi connectivity index (χ2n) is 8.14. The van der Waals surface area contributed by atoms with Crippen LogP contribution in [0, 0.1) is 12.8 Å². The number of nitrogens with zero attached hydrogens (tertiary/aromatic N) is 5. The maximum atomic E-state index is 12.5. The Morgan fingerprint density at radius 3 is 2.54 bits per heavy atom. The SMILES string of the molecule is Cc1ccc(-c2ccc3c([C@H]4CN(C(=O)C5CC5)CCN4C)nnn3c2)cc1. The normalized spacial score (nSPS) is 20.6. The third-order valence-electron chi connectivity index (χ3n) is 6.03. The lowest BCUT2D eigenvalue weighted by Crippen LogP contribution is -2.49. The van der Waals surface area contributed by atoms with E-state index in [4.69, 9.17) is 0 Å². The Hall–Kier alpha value is -2.73. The van der Waals surface area contributed by atoms with Crippen molar-refractivity contribution in [3.05, 3.63) is 53.9 Å². The number of fused-ring (bicyclic) bond motifs is 1. The summed E-state index contributed by atoms with van der Waals surface area (Å²) < 4.78 is 1.86. The summed E-state index contributed by atoms with van der Waals surface area (Å²) in [5, 5.41) is 8.89. The van der Waals surface area contributed by atoms with Gasteiger partial charge in [0.25, 0.3) is 0 Å². The minimum atomic E-state index is 0.0826. The molecule has 2 aliphatic rings. The lowest BCUT2D eigenvalue weighted by atomic mass is 10.0. The van der Waals surface area contributed by atoms with Crippen molar-refractivity contribution in [3.8, 4) is 11.1 Å². The fraction of sp³-hybridized carbons (Fsp3) is 0.409. The van der Waals surface area contributed by atoms with Crippen molar-refractivity contribution in [2.24, 2.45) is 5.92 Å². The van der Waals surface area contributed by atoms with Crippen LogP contribution >= 0.6 is 0 Å². The maximum absolute atomic E-state index is 12.5. The highest BCUT2D eigenvalue weighted by molar-refractivity contribution is 5.81. The molecule has 144 valence electrons. The van der Waals surface area contributed by atoms with Crippen LogP contribution < -0.4 is 0 Å². The van der Waals surface area contributed by atoms with Gasteiger partial charge in [0.05, 0.1) is 11.6 Å². The molecule has 2 aromatic heterocycles. The van der Waals surface area contributed by atoms with Crippen LogP contribution in [0.4, 0.5) is 0 Å². The topological polar surface area (TPSA) is 53.7 Å². The number of hydrogen-bond acceptors (Lipinski definition) is 4. The number of rotatable bonds is 3. The van der Waals surface area contributed by atoms with Crippen LogP contribution in [0.2, 0.25) is 0 Å². The van der Waals surface area contributed by atoms with Crippen LogP contribution in [0.1, 0.15) is 30.1 Å². The van der Waals surface area contributed by atoms with E-state index in [1.807, 2.05) is 15.6 Å². The van der Waals surface area contributed by atoms with Crippen molar-refractivity contribution < 1.29 is 4.79 Å². The van der Waals surface area contributed by atoms with Crippen molar-refractivity contribution in [1.82, 2.24) is 24.6 Å². The van der Waals surface area contributed by atoms with Crippen molar-refractivity contribution in [3.63, 3.8) is 0 Å². The molecule has 6 heteroatoms. The summed E-state index contributed by atoms with van der Waals surface area (Å²) in [5.41, 5.74) is 5.49. The largest absolute Gasteiger partial charge is 0.339 e. The van der Waals surface area contributed by atoms with E-state index < -0.39 is 0 Å². The highest BCUT2D eigenvalue weighted by atomic mass is 16.2. The zero-order valence-corrected chi connectivity index (χ0v) is 16.4. The molecule has 0 spiro atoms. The minimum absolute atomic E-state index is 0.0826. The number of aryl methyl sites for hydroxylation is 1. The van der Waals surface area contributed by atoms with Crippen molar-refractivity contribution in [2.45, 2.75) is 25.8 Å². The molecule has 1 saturated carbocycles. The molecule has 0 bridgehead atoms. The Morgan fingerprint density at radius 2 is 1.79 bits per heavy atom. The maximum Gasteiger partial charge on any atom is 0.225 e. The molecule has 3 heterocycles. The van der Waals surface area contributed by atoms with E-state index in [-0.39, 0.29) is 12.0 Å². The van der Waals surface area contributed by atoms with Crippen LogP contribution in [-0.4, -0.2) is 57.2 Å². The Labute approximate surface area is 164 Å². The summed E-state index contributed by atoms with van der Waals surface area (Å²) >= 11 is 0. The molecule has 5 rings (SSSR count). The molecule has 28 heavy (non-hydrogen) atoms. The molecule has 1 saturated heterocycles. The number of likely N-dealkylation sites (N-methyl/N-ethyl adjacent to an activating group) is 1. The van der Waals surface area contributed by atoms with E-state index in [2.05, 4.69) is 65.6 Å². The lowest BCUT2D eigenvalue weighted by molar-refractivity contribution is -0.135. The monoisotopic (exact) mass is 375 g/mol. The molecule has 1 aliphatic carbocycles. The van der Waals surface area contributed by atoms with Crippen LogP contribution in [-0.2, 0) is 4.79 Å². The highest BCUT2D eigenvalue weighted by Crippen LogP contribution is 2.34. The third-order valence-corrected chi connectivity index (χ3v) is 6.03. The molecule has 0 unspecified atom stereocenters. The van der Waals surface area contributed by atoms with Crippen molar-refractivity contribution in [1.29, 1.82) is 0 Å². The first-order valence-electron chi connectivity index (χ1n) is 10.0. The summed E-state index contributed by atoms with van der Waals surface area (Å²) in [4.78, 5) is 16.8. The number of hydrogen-bond donors (Lipinski definition) is 0. The number of benzene rings is 1. The number of pyridine rings is 1. The molecule has 6 nitrogen and oxygen atoms in total. The smallest absolute Gasteiger partial charge is 0.225 e. The van der Waals surface area contributed by atoms with Gasteiger partial charge in [0.1, 0.15) is 5.69 Å². The molecular weight excluding hydrogens is 350 g/mol. The first kappa shape index (κ1) is 17.4. The van der Waals surface area contributed by atoms with Crippen LogP contribution in [0.15, 0.2) is 42.6 Å². The van der Waals surface area contributed by atoms with E-state index in [0.29, 0.717) is 12.5 Å². The average molecular weight is 375 g/mol. The van der Waals surface area contributed by atoms with Gasteiger partial charge < -0.3 is 4.90 Å². The van der Waals surface area contributed by atoms with E-state index >= 15 is 0 Å². The van der Waals surface area contributed by atoms with Gasteiger partial charge in [0, 0.05) is 37.3 Å². The number of aromatic nitrogens is 3. The standard InChI is InChI=1S/C22H25N5O/c1-15-3-5-16(6-4-15)18-9-10-19-21(23-24-27(19)13-18)20-14-26(12-11-25(20)2)22(28)17-7-8-17/h3-6,9-10,13,17,20H,7-8,11-12,14H2,1-2H3/t20-/m1/s1. The van der Waals surface area contributed by atoms with Crippen LogP contribution in [0.5, 0.6) is 0 Å². The van der Waals surface area contributed by atoms with Crippen molar-refractivity contribution >= 4 is 11.4 Å². The second-order valence-corrected chi connectivity index (χ2v) is 8.14. The molecule has 0 N–H and O–H groups in total. The van der Waals surface area contributed by atoms with Gasteiger partial charge >= 0.3 is 0 Å². The average Bonchev–Trinajstić information content (AvgIpc) is 3.48. The third kappa shape index (κ3) is 3.07. The zero-order chi connectivity index (χ0) is 19.3. The first-order chi connectivity index (χ1) is 13.6. The molecule has 1 aromatic carbocycles. The summed E-state index contributed by atoms with van der Waals surface area (Å²) in [7, 11) is 2.11.